The molecule has 0 unspecified atom stereocenters. The third kappa shape index (κ3) is 1.96. The molecule has 0 amide bonds. The van der Waals surface area contributed by atoms with Crippen molar-refractivity contribution in [3.63, 3.8) is 0 Å². The summed E-state index contributed by atoms with van der Waals surface area (Å²) in [6, 6.07) is 16.4. The van der Waals surface area contributed by atoms with Gasteiger partial charge >= 0.3 is 0 Å². The Kier molecular flexibility index (Phi) is 2.65. The van der Waals surface area contributed by atoms with Gasteiger partial charge in [-0.15, -0.1) is 0 Å². The fourth-order valence-corrected chi connectivity index (χ4v) is 2.66. The van der Waals surface area contributed by atoms with E-state index >= 15 is 0 Å². The maximum Gasteiger partial charge on any atom is 0.0406 e. The molecule has 0 N–H and O–H groups in total. The van der Waals surface area contributed by atoms with Crippen molar-refractivity contribution in [3.05, 3.63) is 69.7 Å². The first kappa shape index (κ1) is 11.1. The molecular formula is C15H12Cl2. The van der Waals surface area contributed by atoms with E-state index in [0.29, 0.717) is 0 Å². The number of hydrogen-bond donors (Lipinski definition) is 0. The monoisotopic (exact) mass is 262 g/mol. The van der Waals surface area contributed by atoms with Crippen LogP contribution in [0.3, 0.4) is 0 Å². The molecule has 1 aliphatic rings. The van der Waals surface area contributed by atoms with Crippen LogP contribution in [0.4, 0.5) is 0 Å². The van der Waals surface area contributed by atoms with Gasteiger partial charge in [-0.1, -0.05) is 47.5 Å². The van der Waals surface area contributed by atoms with E-state index in [4.69, 9.17) is 23.2 Å². The molecule has 3 rings (SSSR count). The van der Waals surface area contributed by atoms with E-state index in [-0.39, 0.29) is 5.41 Å². The Balaban J connectivity index is 2.01. The fraction of sp³-hybridized carbons (Fsp3) is 0.200. The number of halogens is 2. The standard InChI is InChI=1S/C15H12Cl2/c16-13-5-1-11(2-6-13)15(9-10-15)12-3-7-14(17)8-4-12/h1-8H,9-10H2. The Morgan fingerprint density at radius 1 is 0.647 bits per heavy atom. The minimum atomic E-state index is 0.204. The highest BCUT2D eigenvalue weighted by Crippen LogP contribution is 2.53. The molecule has 0 bridgehead atoms. The first-order valence-corrected chi connectivity index (χ1v) is 6.48. The topological polar surface area (TPSA) is 0 Å². The molecule has 2 aromatic carbocycles. The summed E-state index contributed by atoms with van der Waals surface area (Å²) < 4.78 is 0. The van der Waals surface area contributed by atoms with Crippen molar-refractivity contribution < 1.29 is 0 Å². The molecule has 2 aromatic rings. The van der Waals surface area contributed by atoms with Gasteiger partial charge in [0, 0.05) is 15.5 Å². The van der Waals surface area contributed by atoms with Crippen LogP contribution in [0.5, 0.6) is 0 Å². The normalized spacial score (nSPS) is 16.8. The predicted molar refractivity (Wildman–Crippen MR) is 72.9 cm³/mol. The third-order valence-corrected chi connectivity index (χ3v) is 4.05. The van der Waals surface area contributed by atoms with Crippen molar-refractivity contribution in [1.29, 1.82) is 0 Å². The molecule has 1 saturated carbocycles. The quantitative estimate of drug-likeness (QED) is 0.709. The SMILES string of the molecule is Clc1ccc(C2(c3ccc(Cl)cc3)CC2)cc1. The zero-order valence-corrected chi connectivity index (χ0v) is 10.8. The Morgan fingerprint density at radius 2 is 1.00 bits per heavy atom. The molecule has 86 valence electrons. The van der Waals surface area contributed by atoms with Crippen LogP contribution in [0.1, 0.15) is 24.0 Å². The van der Waals surface area contributed by atoms with Gasteiger partial charge in [-0.25, -0.2) is 0 Å². The summed E-state index contributed by atoms with van der Waals surface area (Å²) >= 11 is 11.9. The Hall–Kier alpha value is -0.980. The summed E-state index contributed by atoms with van der Waals surface area (Å²) in [6.07, 6.45) is 2.41. The van der Waals surface area contributed by atoms with Gasteiger partial charge in [0.1, 0.15) is 0 Å². The first-order chi connectivity index (χ1) is 8.21. The van der Waals surface area contributed by atoms with Crippen molar-refractivity contribution >= 4 is 23.2 Å². The van der Waals surface area contributed by atoms with Crippen LogP contribution in [0, 0.1) is 0 Å². The summed E-state index contributed by atoms with van der Waals surface area (Å²) in [5.74, 6) is 0. The molecule has 2 heteroatoms. The van der Waals surface area contributed by atoms with Gasteiger partial charge in [-0.2, -0.15) is 0 Å². The van der Waals surface area contributed by atoms with Crippen LogP contribution in [-0.2, 0) is 5.41 Å². The van der Waals surface area contributed by atoms with Gasteiger partial charge in [0.25, 0.3) is 0 Å². The van der Waals surface area contributed by atoms with E-state index < -0.39 is 0 Å². The zero-order chi connectivity index (χ0) is 11.9. The maximum absolute atomic E-state index is 5.93. The zero-order valence-electron chi connectivity index (χ0n) is 9.29. The van der Waals surface area contributed by atoms with Crippen LogP contribution in [-0.4, -0.2) is 0 Å². The number of hydrogen-bond acceptors (Lipinski definition) is 0. The van der Waals surface area contributed by atoms with E-state index in [0.717, 1.165) is 10.0 Å². The smallest absolute Gasteiger partial charge is 0.0406 e. The molecule has 0 nitrogen and oxygen atoms in total. The summed E-state index contributed by atoms with van der Waals surface area (Å²) in [6.45, 7) is 0. The molecule has 0 aromatic heterocycles. The van der Waals surface area contributed by atoms with Crippen molar-refractivity contribution in [3.8, 4) is 0 Å². The molecule has 0 aliphatic heterocycles. The van der Waals surface area contributed by atoms with Crippen LogP contribution in [0.15, 0.2) is 48.5 Å². The molecule has 0 saturated heterocycles. The third-order valence-electron chi connectivity index (χ3n) is 3.54. The second kappa shape index (κ2) is 4.04. The van der Waals surface area contributed by atoms with E-state index in [9.17, 15) is 0 Å². The first-order valence-electron chi connectivity index (χ1n) is 5.73. The lowest BCUT2D eigenvalue weighted by Gasteiger charge is -2.16. The molecule has 17 heavy (non-hydrogen) atoms. The highest BCUT2D eigenvalue weighted by atomic mass is 35.5. The van der Waals surface area contributed by atoms with Gasteiger partial charge in [-0.3, -0.25) is 0 Å². The second-order valence-electron chi connectivity index (χ2n) is 4.60. The van der Waals surface area contributed by atoms with Gasteiger partial charge < -0.3 is 0 Å². The highest BCUT2D eigenvalue weighted by Gasteiger charge is 2.45. The van der Waals surface area contributed by atoms with E-state index in [1.165, 1.54) is 24.0 Å². The fourth-order valence-electron chi connectivity index (χ4n) is 2.41. The average Bonchev–Trinajstić information content (AvgIpc) is 3.12. The van der Waals surface area contributed by atoms with E-state index in [2.05, 4.69) is 24.3 Å². The lowest BCUT2D eigenvalue weighted by Crippen LogP contribution is -2.07. The summed E-state index contributed by atoms with van der Waals surface area (Å²) in [4.78, 5) is 0. The summed E-state index contributed by atoms with van der Waals surface area (Å²) in [7, 11) is 0. The molecular weight excluding hydrogens is 251 g/mol. The lowest BCUT2D eigenvalue weighted by atomic mass is 9.88. The van der Waals surface area contributed by atoms with Gasteiger partial charge in [0.2, 0.25) is 0 Å². The number of rotatable bonds is 2. The minimum absolute atomic E-state index is 0.204. The van der Waals surface area contributed by atoms with Crippen LogP contribution < -0.4 is 0 Å². The van der Waals surface area contributed by atoms with Gasteiger partial charge in [0.05, 0.1) is 0 Å². The molecule has 0 radical (unpaired) electrons. The van der Waals surface area contributed by atoms with E-state index in [1.54, 1.807) is 0 Å². The molecule has 1 fully saturated rings. The Bertz CT molecular complexity index is 474. The molecule has 0 spiro atoms. The van der Waals surface area contributed by atoms with Crippen LogP contribution in [0.25, 0.3) is 0 Å². The summed E-state index contributed by atoms with van der Waals surface area (Å²) in [5, 5.41) is 1.58. The maximum atomic E-state index is 5.93. The lowest BCUT2D eigenvalue weighted by molar-refractivity contribution is 0.847. The average molecular weight is 263 g/mol. The van der Waals surface area contributed by atoms with Crippen LogP contribution >= 0.6 is 23.2 Å². The molecule has 1 aliphatic carbocycles. The van der Waals surface area contributed by atoms with E-state index in [1.807, 2.05) is 24.3 Å². The minimum Gasteiger partial charge on any atom is -0.0843 e. The van der Waals surface area contributed by atoms with Gasteiger partial charge in [-0.05, 0) is 48.2 Å². The Labute approximate surface area is 111 Å². The van der Waals surface area contributed by atoms with Crippen molar-refractivity contribution in [2.24, 2.45) is 0 Å². The van der Waals surface area contributed by atoms with Crippen molar-refractivity contribution in [2.75, 3.05) is 0 Å². The predicted octanol–water partition coefficient (Wildman–Crippen LogP) is 5.07. The van der Waals surface area contributed by atoms with Crippen molar-refractivity contribution in [2.45, 2.75) is 18.3 Å². The number of benzene rings is 2. The highest BCUT2D eigenvalue weighted by molar-refractivity contribution is 6.30. The molecule has 0 atom stereocenters. The molecule has 0 heterocycles. The van der Waals surface area contributed by atoms with Crippen molar-refractivity contribution in [1.82, 2.24) is 0 Å². The summed E-state index contributed by atoms with van der Waals surface area (Å²) in [5.41, 5.74) is 2.91. The Morgan fingerprint density at radius 3 is 1.29 bits per heavy atom. The van der Waals surface area contributed by atoms with Crippen LogP contribution in [0.2, 0.25) is 10.0 Å². The van der Waals surface area contributed by atoms with Gasteiger partial charge in [0.15, 0.2) is 0 Å². The second-order valence-corrected chi connectivity index (χ2v) is 5.47. The largest absolute Gasteiger partial charge is 0.0843 e.